The molecular formula is C11H12ClN3O2. The van der Waals surface area contributed by atoms with E-state index in [0.717, 1.165) is 0 Å². The van der Waals surface area contributed by atoms with E-state index in [0.29, 0.717) is 28.1 Å². The molecule has 0 amide bonds. The van der Waals surface area contributed by atoms with Gasteiger partial charge in [-0.25, -0.2) is 0 Å². The second-order valence-electron chi connectivity index (χ2n) is 3.59. The van der Waals surface area contributed by atoms with Crippen molar-refractivity contribution in [3.05, 3.63) is 29.1 Å². The first-order valence-corrected chi connectivity index (χ1v) is 5.42. The Morgan fingerprint density at radius 1 is 1.47 bits per heavy atom. The zero-order valence-corrected chi connectivity index (χ0v) is 10.2. The lowest BCUT2D eigenvalue weighted by Gasteiger charge is -2.04. The molecule has 0 saturated carbocycles. The molecule has 0 unspecified atom stereocenters. The molecule has 0 aliphatic carbocycles. The number of hydrogen-bond donors (Lipinski definition) is 1. The molecule has 5 nitrogen and oxygen atoms in total. The number of nitrogens with two attached hydrogens (primary N) is 1. The van der Waals surface area contributed by atoms with E-state index in [1.807, 2.05) is 0 Å². The average molecular weight is 254 g/mol. The van der Waals surface area contributed by atoms with E-state index >= 15 is 0 Å². The molecular weight excluding hydrogens is 242 g/mol. The molecule has 2 aromatic rings. The van der Waals surface area contributed by atoms with Crippen LogP contribution in [-0.2, 0) is 0 Å². The first kappa shape index (κ1) is 11.9. The lowest BCUT2D eigenvalue weighted by molar-refractivity contribution is 0.361. The third-order valence-corrected chi connectivity index (χ3v) is 2.47. The van der Waals surface area contributed by atoms with Crippen molar-refractivity contribution in [1.29, 1.82) is 0 Å². The molecule has 0 aliphatic heterocycles. The van der Waals surface area contributed by atoms with Gasteiger partial charge in [-0.15, -0.1) is 0 Å². The first-order valence-electron chi connectivity index (χ1n) is 5.05. The van der Waals surface area contributed by atoms with Crippen molar-refractivity contribution < 1.29 is 9.26 Å². The molecule has 0 aliphatic rings. The fourth-order valence-electron chi connectivity index (χ4n) is 1.38. The molecule has 0 radical (unpaired) electrons. The van der Waals surface area contributed by atoms with Gasteiger partial charge in [-0.1, -0.05) is 16.8 Å². The Kier molecular flexibility index (Phi) is 3.31. The first-order chi connectivity index (χ1) is 8.11. The van der Waals surface area contributed by atoms with E-state index < -0.39 is 0 Å². The minimum Gasteiger partial charge on any atom is -0.496 e. The highest BCUT2D eigenvalue weighted by Crippen LogP contribution is 2.30. The summed E-state index contributed by atoms with van der Waals surface area (Å²) < 4.78 is 10.2. The van der Waals surface area contributed by atoms with Gasteiger partial charge in [0.25, 0.3) is 0 Å². The fourth-order valence-corrected chi connectivity index (χ4v) is 1.56. The van der Waals surface area contributed by atoms with Gasteiger partial charge in [-0.3, -0.25) is 0 Å². The summed E-state index contributed by atoms with van der Waals surface area (Å²) in [6.07, 6.45) is 0. The number of benzene rings is 1. The summed E-state index contributed by atoms with van der Waals surface area (Å²) >= 11 is 5.93. The zero-order chi connectivity index (χ0) is 12.4. The highest BCUT2D eigenvalue weighted by atomic mass is 35.5. The number of ether oxygens (including phenoxy) is 1. The number of rotatable bonds is 3. The van der Waals surface area contributed by atoms with Crippen molar-refractivity contribution in [2.24, 2.45) is 5.73 Å². The molecule has 1 atom stereocenters. The van der Waals surface area contributed by atoms with Crippen LogP contribution in [0.2, 0.25) is 5.02 Å². The molecule has 90 valence electrons. The highest BCUT2D eigenvalue weighted by molar-refractivity contribution is 6.30. The Bertz CT molecular complexity index is 525. The van der Waals surface area contributed by atoms with Crippen molar-refractivity contribution >= 4 is 11.6 Å². The molecule has 1 aromatic carbocycles. The molecule has 0 saturated heterocycles. The summed E-state index contributed by atoms with van der Waals surface area (Å²) in [6.45, 7) is 1.77. The van der Waals surface area contributed by atoms with Crippen LogP contribution in [0.15, 0.2) is 22.7 Å². The largest absolute Gasteiger partial charge is 0.496 e. The van der Waals surface area contributed by atoms with Gasteiger partial charge in [-0.05, 0) is 25.1 Å². The SMILES string of the molecule is COc1ccc(Cl)cc1-c1noc([C@@H](C)N)n1. The van der Waals surface area contributed by atoms with Crippen LogP contribution >= 0.6 is 11.6 Å². The van der Waals surface area contributed by atoms with Crippen molar-refractivity contribution in [2.75, 3.05) is 7.11 Å². The van der Waals surface area contributed by atoms with Crippen LogP contribution in [-0.4, -0.2) is 17.3 Å². The molecule has 17 heavy (non-hydrogen) atoms. The van der Waals surface area contributed by atoms with Crippen molar-refractivity contribution in [3.63, 3.8) is 0 Å². The maximum atomic E-state index is 5.93. The molecule has 2 rings (SSSR count). The average Bonchev–Trinajstić information content (AvgIpc) is 2.78. The van der Waals surface area contributed by atoms with Gasteiger partial charge in [-0.2, -0.15) is 4.98 Å². The van der Waals surface area contributed by atoms with Crippen LogP contribution in [0, 0.1) is 0 Å². The van der Waals surface area contributed by atoms with Crippen molar-refractivity contribution in [3.8, 4) is 17.1 Å². The summed E-state index contributed by atoms with van der Waals surface area (Å²) in [6, 6.07) is 4.90. The van der Waals surface area contributed by atoms with Crippen LogP contribution in [0.4, 0.5) is 0 Å². The van der Waals surface area contributed by atoms with E-state index in [1.54, 1.807) is 32.2 Å². The lowest BCUT2D eigenvalue weighted by atomic mass is 10.2. The lowest BCUT2D eigenvalue weighted by Crippen LogP contribution is -2.04. The van der Waals surface area contributed by atoms with Gasteiger partial charge in [0.2, 0.25) is 11.7 Å². The highest BCUT2D eigenvalue weighted by Gasteiger charge is 2.15. The molecule has 0 bridgehead atoms. The zero-order valence-electron chi connectivity index (χ0n) is 9.48. The molecule has 2 N–H and O–H groups in total. The number of aromatic nitrogens is 2. The summed E-state index contributed by atoms with van der Waals surface area (Å²) in [7, 11) is 1.57. The number of hydrogen-bond acceptors (Lipinski definition) is 5. The Morgan fingerprint density at radius 2 is 2.24 bits per heavy atom. The number of methoxy groups -OCH3 is 1. The third-order valence-electron chi connectivity index (χ3n) is 2.23. The minimum atomic E-state index is -0.304. The Balaban J connectivity index is 2.47. The quantitative estimate of drug-likeness (QED) is 0.909. The number of nitrogens with zero attached hydrogens (tertiary/aromatic N) is 2. The second kappa shape index (κ2) is 4.73. The van der Waals surface area contributed by atoms with Gasteiger partial charge in [0.15, 0.2) is 0 Å². The predicted molar refractivity (Wildman–Crippen MR) is 63.9 cm³/mol. The summed E-state index contributed by atoms with van der Waals surface area (Å²) in [4.78, 5) is 4.19. The summed E-state index contributed by atoms with van der Waals surface area (Å²) in [5, 5.41) is 4.43. The van der Waals surface area contributed by atoms with Crippen LogP contribution in [0.25, 0.3) is 11.4 Å². The standard InChI is InChI=1S/C11H12ClN3O2/c1-6(13)11-14-10(15-17-11)8-5-7(12)3-4-9(8)16-2/h3-6H,13H2,1-2H3/t6-/m1/s1. The maximum Gasteiger partial charge on any atom is 0.243 e. The van der Waals surface area contributed by atoms with Crippen LogP contribution < -0.4 is 10.5 Å². The van der Waals surface area contributed by atoms with Gasteiger partial charge >= 0.3 is 0 Å². The summed E-state index contributed by atoms with van der Waals surface area (Å²) in [5.41, 5.74) is 6.33. The molecule has 1 heterocycles. The predicted octanol–water partition coefficient (Wildman–Crippen LogP) is 2.42. The van der Waals surface area contributed by atoms with Crippen LogP contribution in [0.5, 0.6) is 5.75 Å². The maximum absolute atomic E-state index is 5.93. The topological polar surface area (TPSA) is 74.2 Å². The monoisotopic (exact) mass is 253 g/mol. The van der Waals surface area contributed by atoms with Gasteiger partial charge in [0.05, 0.1) is 18.7 Å². The van der Waals surface area contributed by atoms with Gasteiger partial charge < -0.3 is 15.0 Å². The Hall–Kier alpha value is -1.59. The summed E-state index contributed by atoms with van der Waals surface area (Å²) in [5.74, 6) is 1.42. The van der Waals surface area contributed by atoms with E-state index in [9.17, 15) is 0 Å². The molecule has 0 fully saturated rings. The number of halogens is 1. The Morgan fingerprint density at radius 3 is 2.82 bits per heavy atom. The van der Waals surface area contributed by atoms with Crippen LogP contribution in [0.3, 0.4) is 0 Å². The Labute approximate surface area is 104 Å². The van der Waals surface area contributed by atoms with E-state index in [1.165, 1.54) is 0 Å². The normalized spacial score (nSPS) is 12.5. The molecule has 1 aromatic heterocycles. The van der Waals surface area contributed by atoms with Crippen LogP contribution in [0.1, 0.15) is 18.9 Å². The van der Waals surface area contributed by atoms with E-state index in [2.05, 4.69) is 10.1 Å². The van der Waals surface area contributed by atoms with Gasteiger partial charge in [0.1, 0.15) is 5.75 Å². The molecule has 6 heteroatoms. The fraction of sp³-hybridized carbons (Fsp3) is 0.273. The third kappa shape index (κ3) is 2.40. The smallest absolute Gasteiger partial charge is 0.243 e. The van der Waals surface area contributed by atoms with E-state index in [-0.39, 0.29) is 6.04 Å². The molecule has 0 spiro atoms. The van der Waals surface area contributed by atoms with E-state index in [4.69, 9.17) is 26.6 Å². The second-order valence-corrected chi connectivity index (χ2v) is 4.03. The van der Waals surface area contributed by atoms with Crippen molar-refractivity contribution in [2.45, 2.75) is 13.0 Å². The minimum absolute atomic E-state index is 0.304. The van der Waals surface area contributed by atoms with Crippen molar-refractivity contribution in [1.82, 2.24) is 10.1 Å². The van der Waals surface area contributed by atoms with Gasteiger partial charge in [0, 0.05) is 5.02 Å².